The zero-order valence-corrected chi connectivity index (χ0v) is 23.9. The number of aromatic hydroxyl groups is 1. The van der Waals surface area contributed by atoms with E-state index in [4.69, 9.17) is 11.1 Å². The standard InChI is InChI=1S/C28H44N6O3S/c1-17(2)31-16-38-24-14-25(29)34(28(24)37)15-20-5-9-21(10-6-20)26(30)33-23(27(36)32-18(3)4)13-19-7-11-22(35)12-8-19/h7-8,11-12,17-18,20-21,23-24,29,31,35H,5-6,9-10,13-16H2,1-4H3,(H2,30,33)(H,32,36). The highest BCUT2D eigenvalue weighted by Gasteiger charge is 2.38. The normalized spacial score (nSPS) is 23.4. The van der Waals surface area contributed by atoms with Crippen molar-refractivity contribution < 1.29 is 14.7 Å². The van der Waals surface area contributed by atoms with E-state index in [9.17, 15) is 14.7 Å². The average molecular weight is 545 g/mol. The Balaban J connectivity index is 1.56. The predicted molar refractivity (Wildman–Crippen MR) is 155 cm³/mol. The number of rotatable bonds is 12. The lowest BCUT2D eigenvalue weighted by Crippen LogP contribution is -2.41. The van der Waals surface area contributed by atoms with Crippen molar-refractivity contribution in [2.24, 2.45) is 22.6 Å². The molecule has 1 aliphatic carbocycles. The summed E-state index contributed by atoms with van der Waals surface area (Å²) in [5, 5.41) is 24.0. The smallest absolute Gasteiger partial charge is 0.245 e. The molecule has 210 valence electrons. The molecule has 0 bridgehead atoms. The van der Waals surface area contributed by atoms with Crippen LogP contribution in [-0.2, 0) is 16.0 Å². The van der Waals surface area contributed by atoms with Crippen LogP contribution >= 0.6 is 11.8 Å². The Morgan fingerprint density at radius 3 is 2.42 bits per heavy atom. The van der Waals surface area contributed by atoms with Crippen LogP contribution in [0.1, 0.15) is 65.4 Å². The van der Waals surface area contributed by atoms with Gasteiger partial charge in [-0.3, -0.25) is 24.9 Å². The number of hydrogen-bond acceptors (Lipinski definition) is 7. The minimum atomic E-state index is -0.637. The maximum Gasteiger partial charge on any atom is 0.245 e. The highest BCUT2D eigenvalue weighted by molar-refractivity contribution is 8.00. The number of amides is 2. The third-order valence-electron chi connectivity index (χ3n) is 7.13. The van der Waals surface area contributed by atoms with E-state index in [0.717, 1.165) is 31.2 Å². The molecule has 1 heterocycles. The summed E-state index contributed by atoms with van der Waals surface area (Å²) in [5.41, 5.74) is 7.36. The Labute approximate surface area is 230 Å². The number of carbonyl (C=O) groups is 2. The van der Waals surface area contributed by atoms with Gasteiger partial charge >= 0.3 is 0 Å². The second kappa shape index (κ2) is 14.0. The lowest BCUT2D eigenvalue weighted by molar-refractivity contribution is -0.125. The maximum atomic E-state index is 12.9. The lowest BCUT2D eigenvalue weighted by atomic mass is 9.81. The molecule has 1 aromatic rings. The van der Waals surface area contributed by atoms with Gasteiger partial charge in [0.1, 0.15) is 17.6 Å². The molecular weight excluding hydrogens is 500 g/mol. The Hall–Kier alpha value is -2.59. The van der Waals surface area contributed by atoms with Crippen LogP contribution in [0.3, 0.4) is 0 Å². The summed E-state index contributed by atoms with van der Waals surface area (Å²) in [6.45, 7) is 8.58. The zero-order valence-electron chi connectivity index (χ0n) is 23.1. The molecule has 0 spiro atoms. The van der Waals surface area contributed by atoms with Gasteiger partial charge in [-0.25, -0.2) is 0 Å². The van der Waals surface area contributed by atoms with Crippen molar-refractivity contribution in [2.45, 2.75) is 89.6 Å². The minimum absolute atomic E-state index is 0.00632. The summed E-state index contributed by atoms with van der Waals surface area (Å²) in [6.07, 6.45) is 4.42. The molecule has 1 aliphatic heterocycles. The van der Waals surface area contributed by atoms with Crippen LogP contribution in [-0.4, -0.2) is 69.3 Å². The first-order valence-corrected chi connectivity index (χ1v) is 14.7. The Kier molecular flexibility index (Phi) is 11.0. The summed E-state index contributed by atoms with van der Waals surface area (Å²) in [7, 11) is 0. The number of phenols is 1. The van der Waals surface area contributed by atoms with Crippen LogP contribution in [0.2, 0.25) is 0 Å². The van der Waals surface area contributed by atoms with Crippen molar-refractivity contribution in [3.63, 3.8) is 0 Å². The molecular formula is C28H44N6O3S. The molecule has 2 amide bonds. The molecule has 6 N–H and O–H groups in total. The topological polar surface area (TPSA) is 144 Å². The van der Waals surface area contributed by atoms with Crippen molar-refractivity contribution in [3.8, 4) is 5.75 Å². The molecule has 1 aromatic carbocycles. The number of phenolic OH excluding ortho intramolecular Hbond substituents is 1. The fraction of sp³-hybridized carbons (Fsp3) is 0.643. The van der Waals surface area contributed by atoms with Crippen LogP contribution in [0, 0.1) is 17.2 Å². The van der Waals surface area contributed by atoms with Gasteiger partial charge in [-0.15, -0.1) is 11.8 Å². The second-order valence-corrected chi connectivity index (χ2v) is 12.3. The summed E-state index contributed by atoms with van der Waals surface area (Å²) in [4.78, 5) is 32.2. The number of nitrogens with zero attached hydrogens (tertiary/aromatic N) is 2. The molecule has 1 saturated carbocycles. The monoisotopic (exact) mass is 544 g/mol. The summed E-state index contributed by atoms with van der Waals surface area (Å²) < 4.78 is 0. The van der Waals surface area contributed by atoms with Gasteiger partial charge in [0.05, 0.1) is 11.1 Å². The number of benzene rings is 1. The third kappa shape index (κ3) is 8.73. The van der Waals surface area contributed by atoms with E-state index in [1.807, 2.05) is 13.8 Å². The van der Waals surface area contributed by atoms with Gasteiger partial charge in [0.2, 0.25) is 11.8 Å². The van der Waals surface area contributed by atoms with Crippen LogP contribution < -0.4 is 16.4 Å². The maximum absolute atomic E-state index is 12.9. The third-order valence-corrected chi connectivity index (χ3v) is 8.24. The fourth-order valence-electron chi connectivity index (χ4n) is 4.94. The number of carbonyl (C=O) groups excluding carboxylic acids is 2. The molecule has 0 radical (unpaired) electrons. The number of amidine groups is 2. The van der Waals surface area contributed by atoms with Gasteiger partial charge < -0.3 is 21.5 Å². The highest BCUT2D eigenvalue weighted by Crippen LogP contribution is 2.32. The average Bonchev–Trinajstić information content (AvgIpc) is 3.12. The van der Waals surface area contributed by atoms with Crippen LogP contribution in [0.4, 0.5) is 0 Å². The van der Waals surface area contributed by atoms with E-state index in [1.54, 1.807) is 40.9 Å². The SMILES string of the molecule is CC(C)NCSC1CC(=N)N(CC2CCC(C(N)=NC(Cc3ccc(O)cc3)C(=O)NC(C)C)CC2)C1=O. The van der Waals surface area contributed by atoms with Crippen molar-refractivity contribution in [2.75, 3.05) is 12.4 Å². The molecule has 2 fully saturated rings. The molecule has 2 atom stereocenters. The van der Waals surface area contributed by atoms with Gasteiger partial charge in [0, 0.05) is 43.3 Å². The quantitative estimate of drug-likeness (QED) is 0.155. The molecule has 3 rings (SSSR count). The largest absolute Gasteiger partial charge is 0.508 e. The number of likely N-dealkylation sites (tertiary alicyclic amines) is 1. The molecule has 9 nitrogen and oxygen atoms in total. The molecule has 2 unspecified atom stereocenters. The number of nitrogens with one attached hydrogen (secondary N) is 3. The van der Waals surface area contributed by atoms with Crippen LogP contribution in [0.25, 0.3) is 0 Å². The number of aliphatic imine (C=N–C) groups is 1. The molecule has 0 aromatic heterocycles. The van der Waals surface area contributed by atoms with Gasteiger partial charge in [0.15, 0.2) is 0 Å². The minimum Gasteiger partial charge on any atom is -0.508 e. The summed E-state index contributed by atoms with van der Waals surface area (Å²) >= 11 is 1.59. The Bertz CT molecular complexity index is 989. The zero-order chi connectivity index (χ0) is 27.8. The highest BCUT2D eigenvalue weighted by atomic mass is 32.2. The van der Waals surface area contributed by atoms with Crippen LogP contribution in [0.5, 0.6) is 5.75 Å². The summed E-state index contributed by atoms with van der Waals surface area (Å²) in [5.74, 6) is 2.15. The van der Waals surface area contributed by atoms with E-state index in [0.29, 0.717) is 48.9 Å². The second-order valence-electron chi connectivity index (χ2n) is 11.1. The van der Waals surface area contributed by atoms with Crippen molar-refractivity contribution >= 4 is 35.2 Å². The molecule has 1 saturated heterocycles. The number of nitrogens with two attached hydrogens (primary N) is 1. The first-order valence-electron chi connectivity index (χ1n) is 13.7. The van der Waals surface area contributed by atoms with Gasteiger partial charge in [-0.1, -0.05) is 26.0 Å². The Morgan fingerprint density at radius 2 is 1.82 bits per heavy atom. The molecule has 2 aliphatic rings. The van der Waals surface area contributed by atoms with Gasteiger partial charge in [0.25, 0.3) is 0 Å². The van der Waals surface area contributed by atoms with Crippen LogP contribution in [0.15, 0.2) is 29.3 Å². The van der Waals surface area contributed by atoms with E-state index >= 15 is 0 Å². The number of hydrogen-bond donors (Lipinski definition) is 5. The van der Waals surface area contributed by atoms with E-state index in [2.05, 4.69) is 29.5 Å². The first-order chi connectivity index (χ1) is 18.0. The van der Waals surface area contributed by atoms with Crippen molar-refractivity contribution in [1.29, 1.82) is 5.41 Å². The van der Waals surface area contributed by atoms with E-state index in [1.165, 1.54) is 0 Å². The van der Waals surface area contributed by atoms with E-state index < -0.39 is 6.04 Å². The Morgan fingerprint density at radius 1 is 1.16 bits per heavy atom. The van der Waals surface area contributed by atoms with Crippen molar-refractivity contribution in [3.05, 3.63) is 29.8 Å². The van der Waals surface area contributed by atoms with Gasteiger partial charge in [-0.05, 0) is 63.1 Å². The lowest BCUT2D eigenvalue weighted by Gasteiger charge is -2.31. The number of thioether (sulfide) groups is 1. The van der Waals surface area contributed by atoms with Crippen molar-refractivity contribution in [1.82, 2.24) is 15.5 Å². The molecule has 10 heteroatoms. The predicted octanol–water partition coefficient (Wildman–Crippen LogP) is 3.26. The summed E-state index contributed by atoms with van der Waals surface area (Å²) in [6, 6.07) is 6.53. The first kappa shape index (κ1) is 30.0. The fourth-order valence-corrected chi connectivity index (χ4v) is 6.12. The van der Waals surface area contributed by atoms with Gasteiger partial charge in [-0.2, -0.15) is 0 Å². The molecule has 38 heavy (non-hydrogen) atoms. The van der Waals surface area contributed by atoms with E-state index in [-0.39, 0.29) is 34.8 Å².